The maximum Gasteiger partial charge on any atom is 0.259 e. The van der Waals surface area contributed by atoms with Crippen molar-refractivity contribution in [3.05, 3.63) is 78.9 Å². The van der Waals surface area contributed by atoms with Crippen molar-refractivity contribution >= 4 is 0 Å². The number of pyridine rings is 2. The minimum absolute atomic E-state index is 0.213. The zero-order valence-corrected chi connectivity index (χ0v) is 15.7. The van der Waals surface area contributed by atoms with Gasteiger partial charge in [0, 0.05) is 50.0 Å². The molecule has 1 fully saturated rings. The SMILES string of the molecule is c1cncc(-c2nc(-c3ccc(OC4CN(Cc5ccncc5)C4)cc3)no2)c1. The van der Waals surface area contributed by atoms with Crippen LogP contribution in [0.3, 0.4) is 0 Å². The van der Waals surface area contributed by atoms with Crippen LogP contribution in [0.4, 0.5) is 0 Å². The third-order valence-electron chi connectivity index (χ3n) is 4.83. The summed E-state index contributed by atoms with van der Waals surface area (Å²) in [6.45, 7) is 2.77. The molecule has 1 saturated heterocycles. The molecule has 0 saturated carbocycles. The van der Waals surface area contributed by atoms with Gasteiger partial charge in [-0.2, -0.15) is 4.98 Å². The van der Waals surface area contributed by atoms with Crippen molar-refractivity contribution in [1.82, 2.24) is 25.0 Å². The second-order valence-corrected chi connectivity index (χ2v) is 6.98. The minimum Gasteiger partial charge on any atom is -0.488 e. The van der Waals surface area contributed by atoms with Crippen LogP contribution >= 0.6 is 0 Å². The fourth-order valence-electron chi connectivity index (χ4n) is 3.29. The fourth-order valence-corrected chi connectivity index (χ4v) is 3.29. The summed E-state index contributed by atoms with van der Waals surface area (Å²) in [5, 5.41) is 4.06. The summed E-state index contributed by atoms with van der Waals surface area (Å²) in [7, 11) is 0. The Morgan fingerprint density at radius 2 is 1.76 bits per heavy atom. The topological polar surface area (TPSA) is 77.2 Å². The number of ether oxygens (including phenoxy) is 1. The molecule has 7 nitrogen and oxygen atoms in total. The molecular weight excluding hydrogens is 366 g/mol. The van der Waals surface area contributed by atoms with Gasteiger partial charge >= 0.3 is 0 Å². The molecule has 4 heterocycles. The molecule has 0 N–H and O–H groups in total. The summed E-state index contributed by atoms with van der Waals surface area (Å²) < 4.78 is 11.4. The van der Waals surface area contributed by atoms with E-state index in [-0.39, 0.29) is 6.10 Å². The van der Waals surface area contributed by atoms with E-state index in [9.17, 15) is 0 Å². The number of nitrogens with zero attached hydrogens (tertiary/aromatic N) is 5. The third-order valence-corrected chi connectivity index (χ3v) is 4.83. The van der Waals surface area contributed by atoms with Crippen LogP contribution in [-0.2, 0) is 6.54 Å². The lowest BCUT2D eigenvalue weighted by molar-refractivity contribution is 0.0146. The normalized spacial score (nSPS) is 14.5. The van der Waals surface area contributed by atoms with Crippen molar-refractivity contribution in [3.63, 3.8) is 0 Å². The zero-order valence-electron chi connectivity index (χ0n) is 15.7. The molecule has 0 aliphatic carbocycles. The molecule has 1 aliphatic rings. The van der Waals surface area contributed by atoms with Crippen LogP contribution < -0.4 is 4.74 Å². The molecule has 0 amide bonds. The summed E-state index contributed by atoms with van der Waals surface area (Å²) in [6.07, 6.45) is 7.28. The van der Waals surface area contributed by atoms with E-state index >= 15 is 0 Å². The highest BCUT2D eigenvalue weighted by atomic mass is 16.5. The molecule has 0 unspecified atom stereocenters. The van der Waals surface area contributed by atoms with Crippen LogP contribution in [0.25, 0.3) is 22.8 Å². The number of benzene rings is 1. The first kappa shape index (κ1) is 17.5. The Hall–Kier alpha value is -3.58. The van der Waals surface area contributed by atoms with Gasteiger partial charge in [-0.1, -0.05) is 5.16 Å². The number of aromatic nitrogens is 4. The van der Waals surface area contributed by atoms with Crippen molar-refractivity contribution in [1.29, 1.82) is 0 Å². The summed E-state index contributed by atoms with van der Waals surface area (Å²) in [4.78, 5) is 14.9. The van der Waals surface area contributed by atoms with Gasteiger partial charge in [-0.3, -0.25) is 14.9 Å². The number of likely N-dealkylation sites (tertiary alicyclic amines) is 1. The number of rotatable bonds is 6. The van der Waals surface area contributed by atoms with E-state index in [1.807, 2.05) is 60.9 Å². The molecule has 5 rings (SSSR count). The Morgan fingerprint density at radius 3 is 2.52 bits per heavy atom. The van der Waals surface area contributed by atoms with E-state index in [1.54, 1.807) is 12.4 Å². The first-order valence-electron chi connectivity index (χ1n) is 9.46. The van der Waals surface area contributed by atoms with Crippen LogP contribution in [-0.4, -0.2) is 44.2 Å². The molecule has 29 heavy (non-hydrogen) atoms. The molecule has 144 valence electrons. The first-order chi connectivity index (χ1) is 14.3. The van der Waals surface area contributed by atoms with Crippen LogP contribution in [0.2, 0.25) is 0 Å². The van der Waals surface area contributed by atoms with Crippen LogP contribution in [0.5, 0.6) is 5.75 Å². The lowest BCUT2D eigenvalue weighted by Crippen LogP contribution is -2.53. The van der Waals surface area contributed by atoms with Crippen molar-refractivity contribution in [3.8, 4) is 28.6 Å². The molecule has 7 heteroatoms. The van der Waals surface area contributed by atoms with Crippen LogP contribution in [0.1, 0.15) is 5.56 Å². The fraction of sp³-hybridized carbons (Fsp3) is 0.182. The van der Waals surface area contributed by atoms with Gasteiger partial charge in [-0.15, -0.1) is 0 Å². The van der Waals surface area contributed by atoms with E-state index in [0.29, 0.717) is 11.7 Å². The highest BCUT2D eigenvalue weighted by Gasteiger charge is 2.28. The number of hydrogen-bond acceptors (Lipinski definition) is 7. The van der Waals surface area contributed by atoms with Gasteiger partial charge in [0.1, 0.15) is 11.9 Å². The second-order valence-electron chi connectivity index (χ2n) is 6.98. The van der Waals surface area contributed by atoms with E-state index in [4.69, 9.17) is 9.26 Å². The maximum absolute atomic E-state index is 6.06. The highest BCUT2D eigenvalue weighted by molar-refractivity contribution is 5.59. The highest BCUT2D eigenvalue weighted by Crippen LogP contribution is 2.25. The second kappa shape index (κ2) is 7.81. The first-order valence-corrected chi connectivity index (χ1v) is 9.46. The molecule has 4 aromatic rings. The van der Waals surface area contributed by atoms with Crippen LogP contribution in [0, 0.1) is 0 Å². The lowest BCUT2D eigenvalue weighted by Gasteiger charge is -2.39. The minimum atomic E-state index is 0.213. The summed E-state index contributed by atoms with van der Waals surface area (Å²) in [6, 6.07) is 15.6. The van der Waals surface area contributed by atoms with E-state index in [1.165, 1.54) is 5.56 Å². The summed E-state index contributed by atoms with van der Waals surface area (Å²) in [5.74, 6) is 1.85. The lowest BCUT2D eigenvalue weighted by atomic mass is 10.1. The standard InChI is InChI=1S/C22H19N5O2/c1-2-18(12-24-9-1)22-25-21(26-29-22)17-3-5-19(6-4-17)28-20-14-27(15-20)13-16-7-10-23-11-8-16/h1-12,20H,13-15H2. The van der Waals surface area contributed by atoms with E-state index in [2.05, 4.69) is 25.0 Å². The molecule has 0 spiro atoms. The van der Waals surface area contributed by atoms with Crippen molar-refractivity contribution in [2.75, 3.05) is 13.1 Å². The average molecular weight is 385 g/mol. The Bertz CT molecular complexity index is 1060. The van der Waals surface area contributed by atoms with Gasteiger partial charge in [0.05, 0.1) is 5.56 Å². The average Bonchev–Trinajstić information content (AvgIpc) is 3.24. The predicted octanol–water partition coefficient (Wildman–Crippen LogP) is 3.46. The van der Waals surface area contributed by atoms with Gasteiger partial charge < -0.3 is 9.26 Å². The van der Waals surface area contributed by atoms with Gasteiger partial charge in [-0.05, 0) is 54.1 Å². The van der Waals surface area contributed by atoms with E-state index in [0.717, 1.165) is 36.5 Å². The van der Waals surface area contributed by atoms with Gasteiger partial charge in [0.25, 0.3) is 5.89 Å². The molecular formula is C22H19N5O2. The Kier molecular flexibility index (Phi) is 4.72. The van der Waals surface area contributed by atoms with E-state index < -0.39 is 0 Å². The third kappa shape index (κ3) is 4.00. The van der Waals surface area contributed by atoms with Gasteiger partial charge in [0.2, 0.25) is 5.82 Å². The summed E-state index contributed by atoms with van der Waals surface area (Å²) in [5.41, 5.74) is 2.95. The predicted molar refractivity (Wildman–Crippen MR) is 107 cm³/mol. The quantitative estimate of drug-likeness (QED) is 0.503. The molecule has 0 bridgehead atoms. The Morgan fingerprint density at radius 1 is 0.931 bits per heavy atom. The van der Waals surface area contributed by atoms with Crippen molar-refractivity contribution < 1.29 is 9.26 Å². The molecule has 0 radical (unpaired) electrons. The Balaban J connectivity index is 1.17. The molecule has 1 aromatic carbocycles. The van der Waals surface area contributed by atoms with Crippen LogP contribution in [0.15, 0.2) is 77.8 Å². The van der Waals surface area contributed by atoms with Crippen molar-refractivity contribution in [2.24, 2.45) is 0 Å². The summed E-state index contributed by atoms with van der Waals surface area (Å²) >= 11 is 0. The molecule has 3 aromatic heterocycles. The zero-order chi connectivity index (χ0) is 19.5. The monoisotopic (exact) mass is 385 g/mol. The maximum atomic E-state index is 6.06. The largest absolute Gasteiger partial charge is 0.488 e. The van der Waals surface area contributed by atoms with Gasteiger partial charge in [0.15, 0.2) is 0 Å². The van der Waals surface area contributed by atoms with Gasteiger partial charge in [-0.25, -0.2) is 0 Å². The number of hydrogen-bond donors (Lipinski definition) is 0. The Labute approximate surface area is 168 Å². The molecule has 1 aliphatic heterocycles. The van der Waals surface area contributed by atoms with Crippen molar-refractivity contribution in [2.45, 2.75) is 12.6 Å². The molecule has 0 atom stereocenters. The smallest absolute Gasteiger partial charge is 0.259 e.